The number of hydrogen-bond acceptors (Lipinski definition) is 8. The Morgan fingerprint density at radius 3 is 2.93 bits per heavy atom. The molecule has 0 amide bonds. The molecule has 1 aliphatic heterocycles. The summed E-state index contributed by atoms with van der Waals surface area (Å²) in [5.74, 6) is -0.00419. The fraction of sp³-hybridized carbons (Fsp3) is 0.529. The molecule has 160 valence electrons. The van der Waals surface area contributed by atoms with Gasteiger partial charge in [-0.1, -0.05) is 24.9 Å². The molecule has 11 nitrogen and oxygen atoms in total. The molecule has 0 radical (unpaired) electrons. The van der Waals surface area contributed by atoms with Crippen LogP contribution in [-0.2, 0) is 11.3 Å². The van der Waals surface area contributed by atoms with Crippen LogP contribution in [0.1, 0.15) is 32.2 Å². The van der Waals surface area contributed by atoms with E-state index in [2.05, 4.69) is 20.2 Å². The molecule has 0 aromatic carbocycles. The molecular weight excluding hydrogens is 437 g/mol. The van der Waals surface area contributed by atoms with Crippen molar-refractivity contribution in [3.05, 3.63) is 32.9 Å². The van der Waals surface area contributed by atoms with Gasteiger partial charge in [-0.25, -0.2) is 9.67 Å². The summed E-state index contributed by atoms with van der Waals surface area (Å²) in [6.07, 6.45) is 5.21. The van der Waals surface area contributed by atoms with Crippen molar-refractivity contribution in [2.75, 3.05) is 13.2 Å². The van der Waals surface area contributed by atoms with Gasteiger partial charge in [-0.3, -0.25) is 14.8 Å². The highest BCUT2D eigenvalue weighted by molar-refractivity contribution is 6.34. The zero-order valence-electron chi connectivity index (χ0n) is 16.1. The molecule has 0 spiro atoms. The lowest BCUT2D eigenvalue weighted by atomic mass is 10.1. The second-order valence-electron chi connectivity index (χ2n) is 6.88. The molecule has 13 heteroatoms. The van der Waals surface area contributed by atoms with Crippen molar-refractivity contribution in [1.29, 1.82) is 0 Å². The molecule has 1 fully saturated rings. The van der Waals surface area contributed by atoms with Crippen LogP contribution < -0.4 is 4.74 Å². The number of aromatic nitrogens is 6. The summed E-state index contributed by atoms with van der Waals surface area (Å²) < 4.78 is 14.2. The number of nitro groups is 1. The normalized spacial score (nSPS) is 16.7. The van der Waals surface area contributed by atoms with Gasteiger partial charge >= 0.3 is 11.6 Å². The maximum Gasteiger partial charge on any atom is 0.350 e. The molecule has 0 N–H and O–H groups in total. The van der Waals surface area contributed by atoms with E-state index >= 15 is 0 Å². The second kappa shape index (κ2) is 8.70. The van der Waals surface area contributed by atoms with E-state index in [0.717, 1.165) is 12.8 Å². The number of nitrogens with zero attached hydrogens (tertiary/aromatic N) is 7. The lowest BCUT2D eigenvalue weighted by Gasteiger charge is -2.13. The van der Waals surface area contributed by atoms with Gasteiger partial charge in [0.2, 0.25) is 5.28 Å². The van der Waals surface area contributed by atoms with Gasteiger partial charge in [-0.05, 0) is 18.0 Å². The first-order chi connectivity index (χ1) is 14.5. The minimum absolute atomic E-state index is 0.00419. The van der Waals surface area contributed by atoms with Crippen LogP contribution in [-0.4, -0.2) is 53.8 Å². The number of halogens is 2. The second-order valence-corrected chi connectivity index (χ2v) is 7.57. The third kappa shape index (κ3) is 4.32. The molecule has 3 aromatic rings. The van der Waals surface area contributed by atoms with E-state index in [1.807, 2.05) is 6.92 Å². The third-order valence-electron chi connectivity index (χ3n) is 4.76. The van der Waals surface area contributed by atoms with Crippen LogP contribution in [0.15, 0.2) is 12.4 Å². The summed E-state index contributed by atoms with van der Waals surface area (Å²) in [5, 5.41) is 20.9. The Bertz CT molecular complexity index is 1070. The highest BCUT2D eigenvalue weighted by Gasteiger charge is 2.36. The fourth-order valence-corrected chi connectivity index (χ4v) is 3.62. The van der Waals surface area contributed by atoms with Crippen molar-refractivity contribution in [1.82, 2.24) is 29.5 Å². The highest BCUT2D eigenvalue weighted by Crippen LogP contribution is 2.33. The molecule has 4 heterocycles. The van der Waals surface area contributed by atoms with E-state index in [0.29, 0.717) is 30.6 Å². The fourth-order valence-electron chi connectivity index (χ4n) is 3.27. The summed E-state index contributed by atoms with van der Waals surface area (Å²) in [4.78, 5) is 19.0. The quantitative estimate of drug-likeness (QED) is 0.149. The van der Waals surface area contributed by atoms with Gasteiger partial charge in [0.1, 0.15) is 12.3 Å². The van der Waals surface area contributed by atoms with E-state index in [-0.39, 0.29) is 40.8 Å². The topological polar surface area (TPSA) is 126 Å². The van der Waals surface area contributed by atoms with E-state index in [4.69, 9.17) is 32.7 Å². The van der Waals surface area contributed by atoms with Crippen LogP contribution >= 0.6 is 23.2 Å². The SMILES string of the molecule is CCCC(C1CO1)n1cc([N+](=O)[O-])c(OCCCn2nc(Cl)c3cnc(Cl)nc32)n1. The van der Waals surface area contributed by atoms with Crippen molar-refractivity contribution >= 4 is 39.9 Å². The minimum atomic E-state index is -0.491. The minimum Gasteiger partial charge on any atom is -0.472 e. The molecule has 4 rings (SSSR count). The Morgan fingerprint density at radius 2 is 2.23 bits per heavy atom. The number of aryl methyl sites for hydroxylation is 1. The smallest absolute Gasteiger partial charge is 0.350 e. The van der Waals surface area contributed by atoms with Crippen LogP contribution in [0, 0.1) is 10.1 Å². The van der Waals surface area contributed by atoms with Crippen LogP contribution in [0.3, 0.4) is 0 Å². The molecule has 1 saturated heterocycles. The summed E-state index contributed by atoms with van der Waals surface area (Å²) in [6.45, 7) is 3.32. The lowest BCUT2D eigenvalue weighted by molar-refractivity contribution is -0.386. The van der Waals surface area contributed by atoms with Gasteiger partial charge < -0.3 is 9.47 Å². The third-order valence-corrected chi connectivity index (χ3v) is 5.22. The Kier molecular flexibility index (Phi) is 6.02. The molecule has 1 aliphatic rings. The van der Waals surface area contributed by atoms with E-state index in [1.165, 1.54) is 12.4 Å². The van der Waals surface area contributed by atoms with Gasteiger partial charge in [-0.2, -0.15) is 10.1 Å². The zero-order chi connectivity index (χ0) is 21.3. The molecule has 2 atom stereocenters. The number of fused-ring (bicyclic) bond motifs is 1. The van der Waals surface area contributed by atoms with Crippen LogP contribution in [0.2, 0.25) is 10.4 Å². The molecular formula is C17H19Cl2N7O4. The van der Waals surface area contributed by atoms with Crippen molar-refractivity contribution in [3.63, 3.8) is 0 Å². The van der Waals surface area contributed by atoms with Crippen LogP contribution in [0.25, 0.3) is 11.0 Å². The number of hydrogen-bond donors (Lipinski definition) is 0. The van der Waals surface area contributed by atoms with E-state index in [9.17, 15) is 10.1 Å². The average molecular weight is 456 g/mol. The summed E-state index contributed by atoms with van der Waals surface area (Å²) in [7, 11) is 0. The molecule has 3 aromatic heterocycles. The Balaban J connectivity index is 1.42. The molecule has 2 unspecified atom stereocenters. The highest BCUT2D eigenvalue weighted by atomic mass is 35.5. The van der Waals surface area contributed by atoms with E-state index < -0.39 is 4.92 Å². The molecule has 0 bridgehead atoms. The Labute approximate surface area is 181 Å². The zero-order valence-corrected chi connectivity index (χ0v) is 17.6. The number of ether oxygens (including phenoxy) is 2. The predicted molar refractivity (Wildman–Crippen MR) is 108 cm³/mol. The number of epoxide rings is 1. The van der Waals surface area contributed by atoms with E-state index in [1.54, 1.807) is 9.36 Å². The van der Waals surface area contributed by atoms with Crippen molar-refractivity contribution in [3.8, 4) is 5.88 Å². The largest absolute Gasteiger partial charge is 0.472 e. The monoisotopic (exact) mass is 455 g/mol. The van der Waals surface area contributed by atoms with Gasteiger partial charge in [0.15, 0.2) is 10.8 Å². The molecule has 30 heavy (non-hydrogen) atoms. The summed E-state index contributed by atoms with van der Waals surface area (Å²) in [6, 6.07) is -0.0342. The average Bonchev–Trinajstić information content (AvgIpc) is 3.39. The van der Waals surface area contributed by atoms with Crippen molar-refractivity contribution < 1.29 is 14.4 Å². The van der Waals surface area contributed by atoms with Gasteiger partial charge in [0, 0.05) is 19.2 Å². The summed E-state index contributed by atoms with van der Waals surface area (Å²) >= 11 is 11.9. The van der Waals surface area contributed by atoms with Crippen LogP contribution in [0.5, 0.6) is 5.88 Å². The molecule has 0 saturated carbocycles. The van der Waals surface area contributed by atoms with Gasteiger partial charge in [0.05, 0.1) is 29.6 Å². The maximum absolute atomic E-state index is 11.4. The Morgan fingerprint density at radius 1 is 1.43 bits per heavy atom. The van der Waals surface area contributed by atoms with Gasteiger partial charge in [0.25, 0.3) is 0 Å². The maximum atomic E-state index is 11.4. The van der Waals surface area contributed by atoms with Crippen molar-refractivity contribution in [2.24, 2.45) is 0 Å². The van der Waals surface area contributed by atoms with Crippen molar-refractivity contribution in [2.45, 2.75) is 44.9 Å². The van der Waals surface area contributed by atoms with Gasteiger partial charge in [-0.15, -0.1) is 5.10 Å². The predicted octanol–water partition coefficient (Wildman–Crippen LogP) is 3.45. The standard InChI is InChI=1S/C17H19Cl2N7O4/c1-2-4-11(13-9-30-13)25-8-12(26(27)28)16(23-25)29-6-3-5-24-15-10(14(18)22-24)7-20-17(19)21-15/h7-8,11,13H,2-6,9H2,1H3. The molecule has 0 aliphatic carbocycles. The Hall–Kier alpha value is -2.50. The number of rotatable bonds is 10. The first kappa shape index (κ1) is 20.8. The first-order valence-corrected chi connectivity index (χ1v) is 10.3. The summed E-state index contributed by atoms with van der Waals surface area (Å²) in [5.41, 5.74) is 0.353. The van der Waals surface area contributed by atoms with Crippen LogP contribution in [0.4, 0.5) is 5.69 Å². The lowest BCUT2D eigenvalue weighted by Crippen LogP contribution is -2.16. The first-order valence-electron chi connectivity index (χ1n) is 9.50.